The summed E-state index contributed by atoms with van der Waals surface area (Å²) in [6, 6.07) is 28.3. The van der Waals surface area contributed by atoms with Gasteiger partial charge in [0, 0.05) is 16.8 Å². The number of aromatic nitrogens is 3. The zero-order chi connectivity index (χ0) is 23.2. The molecule has 5 aromatic rings. The Morgan fingerprint density at radius 1 is 0.824 bits per heavy atom. The highest BCUT2D eigenvalue weighted by Crippen LogP contribution is 2.37. The molecule has 166 valence electrons. The van der Waals surface area contributed by atoms with Crippen LogP contribution < -0.4 is 15.8 Å². The molecule has 2 aromatic heterocycles. The molecule has 0 saturated carbocycles. The Morgan fingerprint density at radius 2 is 1.47 bits per heavy atom. The normalized spacial score (nSPS) is 15.3. The first kappa shape index (κ1) is 20.0. The smallest absolute Gasteiger partial charge is 0.278 e. The summed E-state index contributed by atoms with van der Waals surface area (Å²) in [5.74, 6) is 0.251. The van der Waals surface area contributed by atoms with E-state index >= 15 is 0 Å². The maximum atomic E-state index is 13.9. The number of nitrogens with one attached hydrogen (secondary N) is 2. The Morgan fingerprint density at radius 3 is 2.21 bits per heavy atom. The zero-order valence-electron chi connectivity index (χ0n) is 18.4. The van der Waals surface area contributed by atoms with Crippen molar-refractivity contribution in [3.63, 3.8) is 0 Å². The van der Waals surface area contributed by atoms with Crippen LogP contribution in [-0.4, -0.2) is 20.7 Å². The number of pyridine rings is 1. The molecular formula is C27H21N5O2. The predicted molar refractivity (Wildman–Crippen MR) is 132 cm³/mol. The Balaban J connectivity index is 1.56. The van der Waals surface area contributed by atoms with Crippen molar-refractivity contribution in [2.24, 2.45) is 0 Å². The van der Waals surface area contributed by atoms with E-state index in [-0.39, 0.29) is 11.5 Å². The molecule has 0 fully saturated rings. The number of carbonyl (C=O) groups is 1. The van der Waals surface area contributed by atoms with E-state index in [1.165, 1.54) is 4.68 Å². The van der Waals surface area contributed by atoms with Gasteiger partial charge in [0.1, 0.15) is 12.0 Å². The number of fused-ring (bicyclic) bond motifs is 2. The minimum Gasteiger partial charge on any atom is -0.345 e. The number of hydrogen-bond donors (Lipinski definition) is 2. The van der Waals surface area contributed by atoms with Gasteiger partial charge in [-0.05, 0) is 43.3 Å². The number of carbonyl (C=O) groups excluding carboxylic acids is 1. The van der Waals surface area contributed by atoms with E-state index in [4.69, 9.17) is 4.98 Å². The molecule has 7 heteroatoms. The van der Waals surface area contributed by atoms with Crippen molar-refractivity contribution in [2.75, 3.05) is 10.2 Å². The first-order valence-corrected chi connectivity index (χ1v) is 11.0. The average Bonchev–Trinajstić information content (AvgIpc) is 3.17. The minimum absolute atomic E-state index is 0.213. The number of para-hydroxylation sites is 3. The molecule has 1 aliphatic heterocycles. The summed E-state index contributed by atoms with van der Waals surface area (Å²) in [6.07, 6.45) is -0.732. The Hall–Kier alpha value is -4.65. The summed E-state index contributed by atoms with van der Waals surface area (Å²) in [5.41, 5.74) is 3.57. The SMILES string of the molecule is Cc1[nH]n(-c2ccccc2)c(=O)c1[C@H]1Nc2nc3ccccc3cc2C(=O)N1c1ccccc1. The molecule has 0 unspecified atom stereocenters. The lowest BCUT2D eigenvalue weighted by Gasteiger charge is -2.37. The van der Waals surface area contributed by atoms with Crippen LogP contribution in [0.5, 0.6) is 0 Å². The van der Waals surface area contributed by atoms with E-state index in [0.29, 0.717) is 28.3 Å². The standard InChI is InChI=1S/C27H21N5O2/c1-17-23(27(34)32(30-17)20-13-6-3-7-14-20)25-29-24-21(16-18-10-8-9-15-22(18)28-24)26(33)31(25)19-11-4-2-5-12-19/h2-16,25,30H,1H3,(H,28,29)/t25-/m0/s1. The molecule has 1 aliphatic rings. The summed E-state index contributed by atoms with van der Waals surface area (Å²) in [6.45, 7) is 1.84. The lowest BCUT2D eigenvalue weighted by atomic mass is 10.0. The number of aromatic amines is 1. The molecular weight excluding hydrogens is 426 g/mol. The number of nitrogens with zero attached hydrogens (tertiary/aromatic N) is 3. The molecule has 7 nitrogen and oxygen atoms in total. The van der Waals surface area contributed by atoms with Crippen LogP contribution in [0.25, 0.3) is 16.6 Å². The summed E-state index contributed by atoms with van der Waals surface area (Å²) in [5, 5.41) is 7.45. The van der Waals surface area contributed by atoms with Gasteiger partial charge in [-0.1, -0.05) is 54.6 Å². The lowest BCUT2D eigenvalue weighted by molar-refractivity contribution is 0.0974. The monoisotopic (exact) mass is 447 g/mol. The van der Waals surface area contributed by atoms with Crippen LogP contribution >= 0.6 is 0 Å². The highest BCUT2D eigenvalue weighted by atomic mass is 16.2. The fourth-order valence-electron chi connectivity index (χ4n) is 4.53. The third kappa shape index (κ3) is 3.09. The third-order valence-corrected chi connectivity index (χ3v) is 6.14. The van der Waals surface area contributed by atoms with Crippen molar-refractivity contribution in [1.82, 2.24) is 14.8 Å². The average molecular weight is 447 g/mol. The maximum absolute atomic E-state index is 13.9. The van der Waals surface area contributed by atoms with E-state index in [1.54, 1.807) is 4.90 Å². The van der Waals surface area contributed by atoms with E-state index in [9.17, 15) is 9.59 Å². The van der Waals surface area contributed by atoms with Crippen LogP contribution in [0.2, 0.25) is 0 Å². The summed E-state index contributed by atoms with van der Waals surface area (Å²) in [7, 11) is 0. The number of anilines is 2. The fraction of sp³-hybridized carbons (Fsp3) is 0.0741. The molecule has 2 N–H and O–H groups in total. The van der Waals surface area contributed by atoms with Gasteiger partial charge < -0.3 is 5.32 Å². The van der Waals surface area contributed by atoms with E-state index in [1.807, 2.05) is 97.9 Å². The molecule has 1 amide bonds. The second kappa shape index (κ2) is 7.74. The molecule has 34 heavy (non-hydrogen) atoms. The Kier molecular flexibility index (Phi) is 4.55. The Bertz CT molecular complexity index is 1590. The lowest BCUT2D eigenvalue weighted by Crippen LogP contribution is -2.45. The molecule has 0 aliphatic carbocycles. The van der Waals surface area contributed by atoms with Gasteiger partial charge in [0.25, 0.3) is 11.5 Å². The van der Waals surface area contributed by atoms with Crippen molar-refractivity contribution in [2.45, 2.75) is 13.1 Å². The van der Waals surface area contributed by atoms with Gasteiger partial charge in [0.2, 0.25) is 0 Å². The van der Waals surface area contributed by atoms with Crippen molar-refractivity contribution in [3.8, 4) is 5.69 Å². The first-order valence-electron chi connectivity index (χ1n) is 11.0. The van der Waals surface area contributed by atoms with Crippen molar-refractivity contribution in [3.05, 3.63) is 118 Å². The largest absolute Gasteiger partial charge is 0.345 e. The van der Waals surface area contributed by atoms with Crippen molar-refractivity contribution in [1.29, 1.82) is 0 Å². The van der Waals surface area contributed by atoms with Crippen LogP contribution in [0.3, 0.4) is 0 Å². The minimum atomic E-state index is -0.732. The molecule has 6 rings (SSSR count). The molecule has 0 spiro atoms. The van der Waals surface area contributed by atoms with Crippen LogP contribution in [0.15, 0.2) is 95.8 Å². The quantitative estimate of drug-likeness (QED) is 0.416. The fourth-order valence-corrected chi connectivity index (χ4v) is 4.53. The van der Waals surface area contributed by atoms with Crippen LogP contribution in [-0.2, 0) is 0 Å². The number of aryl methyl sites for hydroxylation is 1. The number of rotatable bonds is 3. The van der Waals surface area contributed by atoms with Gasteiger partial charge in [-0.25, -0.2) is 9.67 Å². The van der Waals surface area contributed by atoms with E-state index in [0.717, 1.165) is 16.6 Å². The van der Waals surface area contributed by atoms with Crippen LogP contribution in [0.1, 0.15) is 27.8 Å². The number of amides is 1. The van der Waals surface area contributed by atoms with Gasteiger partial charge in [-0.15, -0.1) is 0 Å². The number of H-pyrrole nitrogens is 1. The van der Waals surface area contributed by atoms with Gasteiger partial charge in [0.05, 0.1) is 22.3 Å². The topological polar surface area (TPSA) is 83.0 Å². The molecule has 3 aromatic carbocycles. The highest BCUT2D eigenvalue weighted by Gasteiger charge is 2.38. The third-order valence-electron chi connectivity index (χ3n) is 6.14. The van der Waals surface area contributed by atoms with Gasteiger partial charge in [0.15, 0.2) is 0 Å². The number of benzene rings is 3. The molecule has 0 bridgehead atoms. The van der Waals surface area contributed by atoms with Crippen LogP contribution in [0.4, 0.5) is 11.5 Å². The summed E-state index contributed by atoms with van der Waals surface area (Å²) >= 11 is 0. The number of hydrogen-bond acceptors (Lipinski definition) is 4. The molecule has 0 saturated heterocycles. The molecule has 1 atom stereocenters. The van der Waals surface area contributed by atoms with Crippen molar-refractivity contribution < 1.29 is 4.79 Å². The first-order chi connectivity index (χ1) is 16.6. The van der Waals surface area contributed by atoms with Gasteiger partial charge >= 0.3 is 0 Å². The zero-order valence-corrected chi connectivity index (χ0v) is 18.4. The maximum Gasteiger partial charge on any atom is 0.278 e. The summed E-state index contributed by atoms with van der Waals surface area (Å²) < 4.78 is 1.50. The van der Waals surface area contributed by atoms with E-state index < -0.39 is 6.17 Å². The summed E-state index contributed by atoms with van der Waals surface area (Å²) in [4.78, 5) is 33.8. The predicted octanol–water partition coefficient (Wildman–Crippen LogP) is 4.79. The van der Waals surface area contributed by atoms with Crippen molar-refractivity contribution >= 4 is 28.3 Å². The van der Waals surface area contributed by atoms with Gasteiger partial charge in [-0.2, -0.15) is 0 Å². The molecule has 3 heterocycles. The molecule has 0 radical (unpaired) electrons. The second-order valence-corrected chi connectivity index (χ2v) is 8.26. The second-order valence-electron chi connectivity index (χ2n) is 8.26. The highest BCUT2D eigenvalue weighted by molar-refractivity contribution is 6.13. The van der Waals surface area contributed by atoms with E-state index in [2.05, 4.69) is 10.4 Å². The Labute approximate surface area is 195 Å². The van der Waals surface area contributed by atoms with Gasteiger partial charge in [-0.3, -0.25) is 19.6 Å². The van der Waals surface area contributed by atoms with Crippen LogP contribution in [0, 0.1) is 6.92 Å².